The summed E-state index contributed by atoms with van der Waals surface area (Å²) in [6.07, 6.45) is 4.60. The number of fused-ring (bicyclic) bond motifs is 1. The number of piperidine rings is 2. The molecule has 3 aliphatic rings. The third kappa shape index (κ3) is 9.89. The first-order chi connectivity index (χ1) is 28.5. The Morgan fingerprint density at radius 3 is 2.54 bits per heavy atom. The fourth-order valence-electron chi connectivity index (χ4n) is 7.73. The van der Waals surface area contributed by atoms with Gasteiger partial charge in [-0.15, -0.1) is 11.3 Å². The number of carbonyl (C=O) groups excluding carboxylic acids is 6. The maximum atomic E-state index is 13.4. The summed E-state index contributed by atoms with van der Waals surface area (Å²) in [4.78, 5) is 79.5. The van der Waals surface area contributed by atoms with Crippen LogP contribution in [-0.4, -0.2) is 72.1 Å². The van der Waals surface area contributed by atoms with E-state index in [-0.39, 0.29) is 54.2 Å². The quantitative estimate of drug-likeness (QED) is 0.0668. The van der Waals surface area contributed by atoms with Crippen molar-refractivity contribution in [3.05, 3.63) is 105 Å². The van der Waals surface area contributed by atoms with Gasteiger partial charge in [-0.3, -0.25) is 39.0 Å². The molecule has 0 aliphatic carbocycles. The van der Waals surface area contributed by atoms with E-state index in [0.717, 1.165) is 69.4 Å². The molecule has 59 heavy (non-hydrogen) atoms. The average molecular weight is 819 g/mol. The standard InChI is InChI=1S/C45H50N6O7S/c1-27-13-14-32(49-31-19-21-46-22-20-31)25-35(27)42(54)48-28(2)29-8-6-9-30(24-29)38-17-15-33(59-38)26-47-39(52)12-4-3-5-23-58-37-11-7-10-34-41(37)45(57)51(44(34)56)36-16-18-40(53)50-43(36)55/h6-11,13-15,17,24-25,28,31,36,46,49H,3-5,12,16,18-23,26H2,1-2H3,(H,47,52)(H,48,54)(H,50,53,55)/t28-,36?/m1/s1. The van der Waals surface area contributed by atoms with Crippen LogP contribution >= 0.6 is 11.3 Å². The maximum absolute atomic E-state index is 13.4. The summed E-state index contributed by atoms with van der Waals surface area (Å²) < 4.78 is 5.91. The van der Waals surface area contributed by atoms with E-state index in [4.69, 9.17) is 4.74 Å². The third-order valence-corrected chi connectivity index (χ3v) is 12.2. The number of carbonyl (C=O) groups is 6. The number of rotatable bonds is 16. The molecule has 14 heteroatoms. The number of hydrogen-bond acceptors (Lipinski definition) is 10. The summed E-state index contributed by atoms with van der Waals surface area (Å²) in [5.74, 6) is -2.16. The topological polar surface area (TPSA) is 175 Å². The largest absolute Gasteiger partial charge is 0.493 e. The van der Waals surface area contributed by atoms with Crippen molar-refractivity contribution in [2.75, 3.05) is 25.0 Å². The van der Waals surface area contributed by atoms with Crippen LogP contribution < -0.4 is 31.3 Å². The summed E-state index contributed by atoms with van der Waals surface area (Å²) in [5.41, 5.74) is 4.89. The number of unbranched alkanes of at least 4 members (excludes halogenated alkanes) is 2. The molecule has 0 radical (unpaired) electrons. The molecule has 6 amide bonds. The first-order valence-electron chi connectivity index (χ1n) is 20.4. The summed E-state index contributed by atoms with van der Waals surface area (Å²) in [6, 6.07) is 22.2. The van der Waals surface area contributed by atoms with Gasteiger partial charge in [0.1, 0.15) is 11.8 Å². The van der Waals surface area contributed by atoms with Crippen molar-refractivity contribution in [1.82, 2.24) is 26.2 Å². The van der Waals surface area contributed by atoms with E-state index in [0.29, 0.717) is 37.4 Å². The predicted octanol–water partition coefficient (Wildman–Crippen LogP) is 6.04. The number of aryl methyl sites for hydroxylation is 1. The van der Waals surface area contributed by atoms with Gasteiger partial charge in [-0.05, 0) is 125 Å². The molecular weight excluding hydrogens is 769 g/mol. The minimum atomic E-state index is -1.04. The number of nitrogens with zero attached hydrogens (tertiary/aromatic N) is 1. The zero-order valence-electron chi connectivity index (χ0n) is 33.4. The van der Waals surface area contributed by atoms with Crippen molar-refractivity contribution in [2.24, 2.45) is 0 Å². The summed E-state index contributed by atoms with van der Waals surface area (Å²) >= 11 is 1.62. The van der Waals surface area contributed by atoms with Gasteiger partial charge < -0.3 is 26.0 Å². The van der Waals surface area contributed by atoms with E-state index in [9.17, 15) is 28.8 Å². The molecule has 0 spiro atoms. The lowest BCUT2D eigenvalue weighted by atomic mass is 10.0. The van der Waals surface area contributed by atoms with Gasteiger partial charge in [-0.25, -0.2) is 0 Å². The number of amides is 6. The zero-order valence-corrected chi connectivity index (χ0v) is 34.2. The Morgan fingerprint density at radius 2 is 1.73 bits per heavy atom. The van der Waals surface area contributed by atoms with Crippen LogP contribution in [0.2, 0.25) is 0 Å². The van der Waals surface area contributed by atoms with Crippen molar-refractivity contribution in [3.8, 4) is 16.2 Å². The van der Waals surface area contributed by atoms with E-state index in [1.54, 1.807) is 23.5 Å². The minimum absolute atomic E-state index is 0.0474. The van der Waals surface area contributed by atoms with E-state index in [1.807, 2.05) is 50.2 Å². The molecule has 0 bridgehead atoms. The molecular formula is C45H50N6O7S. The van der Waals surface area contributed by atoms with E-state index >= 15 is 0 Å². The lowest BCUT2D eigenvalue weighted by Crippen LogP contribution is -2.54. The Morgan fingerprint density at radius 1 is 0.915 bits per heavy atom. The van der Waals surface area contributed by atoms with Crippen LogP contribution in [0.5, 0.6) is 5.75 Å². The van der Waals surface area contributed by atoms with Crippen molar-refractivity contribution in [3.63, 3.8) is 0 Å². The van der Waals surface area contributed by atoms with Crippen LogP contribution in [0.15, 0.2) is 72.8 Å². The molecule has 3 aromatic carbocycles. The van der Waals surface area contributed by atoms with Gasteiger partial charge in [0.2, 0.25) is 17.7 Å². The molecule has 1 aromatic heterocycles. The lowest BCUT2D eigenvalue weighted by molar-refractivity contribution is -0.136. The van der Waals surface area contributed by atoms with Gasteiger partial charge in [-0.1, -0.05) is 30.3 Å². The maximum Gasteiger partial charge on any atom is 0.266 e. The van der Waals surface area contributed by atoms with E-state index in [1.165, 1.54) is 6.07 Å². The van der Waals surface area contributed by atoms with Gasteiger partial charge >= 0.3 is 0 Å². The van der Waals surface area contributed by atoms with Crippen LogP contribution in [0.4, 0.5) is 5.69 Å². The number of thiophene rings is 1. The third-order valence-electron chi connectivity index (χ3n) is 11.1. The van der Waals surface area contributed by atoms with Gasteiger partial charge in [0.05, 0.1) is 30.3 Å². The molecule has 308 valence electrons. The number of benzene rings is 3. The summed E-state index contributed by atoms with van der Waals surface area (Å²) in [6.45, 7) is 6.64. The van der Waals surface area contributed by atoms with Crippen LogP contribution in [0.1, 0.15) is 111 Å². The van der Waals surface area contributed by atoms with Gasteiger partial charge in [0.15, 0.2) is 0 Å². The molecule has 13 nitrogen and oxygen atoms in total. The Bertz CT molecular complexity index is 2250. The fraction of sp³-hybridized carbons (Fsp3) is 0.378. The molecule has 1 unspecified atom stereocenters. The highest BCUT2D eigenvalue weighted by molar-refractivity contribution is 7.15. The molecule has 0 saturated carbocycles. The predicted molar refractivity (Wildman–Crippen MR) is 225 cm³/mol. The summed E-state index contributed by atoms with van der Waals surface area (Å²) in [7, 11) is 0. The second-order valence-corrected chi connectivity index (χ2v) is 16.5. The number of anilines is 1. The highest BCUT2D eigenvalue weighted by Gasteiger charge is 2.46. The first kappa shape index (κ1) is 41.3. The summed E-state index contributed by atoms with van der Waals surface area (Å²) in [5, 5.41) is 15.4. The normalized spacial score (nSPS) is 17.3. The van der Waals surface area contributed by atoms with Crippen LogP contribution in [0.3, 0.4) is 0 Å². The number of ether oxygens (including phenoxy) is 1. The average Bonchev–Trinajstić information content (AvgIpc) is 3.81. The lowest BCUT2D eigenvalue weighted by Gasteiger charge is -2.27. The fourth-order valence-corrected chi connectivity index (χ4v) is 8.67. The number of imide groups is 2. The zero-order chi connectivity index (χ0) is 41.5. The molecule has 3 aliphatic heterocycles. The van der Waals surface area contributed by atoms with Crippen LogP contribution in [-0.2, 0) is 20.9 Å². The highest BCUT2D eigenvalue weighted by atomic mass is 32.1. The van der Waals surface area contributed by atoms with Gasteiger partial charge in [0.25, 0.3) is 17.7 Å². The van der Waals surface area contributed by atoms with Gasteiger partial charge in [-0.2, -0.15) is 0 Å². The molecule has 4 aromatic rings. The minimum Gasteiger partial charge on any atom is -0.493 e. The molecule has 7 rings (SSSR count). The molecule has 2 saturated heterocycles. The Kier molecular flexibility index (Phi) is 13.2. The van der Waals surface area contributed by atoms with Crippen molar-refractivity contribution >= 4 is 52.5 Å². The van der Waals surface area contributed by atoms with Crippen molar-refractivity contribution < 1.29 is 33.5 Å². The SMILES string of the molecule is Cc1ccc(NC2CCNCC2)cc1C(=O)N[C@H](C)c1cccc(-c2ccc(CNC(=O)CCCCCOc3cccc4c3C(=O)N(C3CCC(=O)NC3=O)C4=O)s2)c1. The van der Waals surface area contributed by atoms with Crippen LogP contribution in [0, 0.1) is 6.92 Å². The Labute approximate surface area is 347 Å². The number of nitrogens with one attached hydrogen (secondary N) is 5. The monoisotopic (exact) mass is 818 g/mol. The van der Waals surface area contributed by atoms with Gasteiger partial charge in [0, 0.05) is 39.9 Å². The number of hydrogen-bond donors (Lipinski definition) is 5. The second-order valence-electron chi connectivity index (χ2n) is 15.3. The van der Waals surface area contributed by atoms with E-state index in [2.05, 4.69) is 44.8 Å². The Hall–Kier alpha value is -5.86. The smallest absolute Gasteiger partial charge is 0.266 e. The van der Waals surface area contributed by atoms with Crippen molar-refractivity contribution in [1.29, 1.82) is 0 Å². The van der Waals surface area contributed by atoms with Crippen molar-refractivity contribution in [2.45, 2.75) is 89.9 Å². The second kappa shape index (κ2) is 18.8. The van der Waals surface area contributed by atoms with E-state index < -0.39 is 29.7 Å². The molecule has 2 fully saturated rings. The Balaban J connectivity index is 0.834. The molecule has 4 heterocycles. The highest BCUT2D eigenvalue weighted by Crippen LogP contribution is 2.34. The van der Waals surface area contributed by atoms with Crippen LogP contribution in [0.25, 0.3) is 10.4 Å². The molecule has 5 N–H and O–H groups in total. The first-order valence-corrected chi connectivity index (χ1v) is 21.2. The molecule has 2 atom stereocenters.